The van der Waals surface area contributed by atoms with E-state index in [-0.39, 0.29) is 17.2 Å². The van der Waals surface area contributed by atoms with E-state index in [1.54, 1.807) is 6.07 Å². The van der Waals surface area contributed by atoms with Crippen molar-refractivity contribution in [3.63, 3.8) is 0 Å². The van der Waals surface area contributed by atoms with Crippen LogP contribution in [0.1, 0.15) is 23.4 Å². The first-order valence-corrected chi connectivity index (χ1v) is 8.55. The van der Waals surface area contributed by atoms with Crippen LogP contribution in [0.2, 0.25) is 0 Å². The summed E-state index contributed by atoms with van der Waals surface area (Å²) in [7, 11) is 0. The Morgan fingerprint density at radius 1 is 1.38 bits per heavy atom. The van der Waals surface area contributed by atoms with Gasteiger partial charge in [-0.05, 0) is 24.3 Å². The van der Waals surface area contributed by atoms with Gasteiger partial charge in [-0.1, -0.05) is 5.16 Å². The number of hydrogen-bond donors (Lipinski definition) is 1. The first-order chi connectivity index (χ1) is 10.3. The minimum absolute atomic E-state index is 0.0602. The number of nitrogens with zero attached hydrogens (tertiary/aromatic N) is 2. The lowest BCUT2D eigenvalue weighted by molar-refractivity contribution is -0.0255. The van der Waals surface area contributed by atoms with Crippen molar-refractivity contribution in [2.24, 2.45) is 0 Å². The summed E-state index contributed by atoms with van der Waals surface area (Å²) in [6.45, 7) is 4.12. The fourth-order valence-electron chi connectivity index (χ4n) is 3.06. The van der Waals surface area contributed by atoms with Crippen LogP contribution in [0.15, 0.2) is 16.8 Å². The molecule has 2 aliphatic rings. The highest BCUT2D eigenvalue weighted by molar-refractivity contribution is 7.99. The van der Waals surface area contributed by atoms with Crippen molar-refractivity contribution in [3.05, 3.63) is 18.0 Å². The molecule has 1 aromatic heterocycles. The van der Waals surface area contributed by atoms with E-state index < -0.39 is 0 Å². The molecule has 1 aromatic rings. The van der Waals surface area contributed by atoms with E-state index >= 15 is 0 Å². The first kappa shape index (κ1) is 14.9. The van der Waals surface area contributed by atoms with Crippen LogP contribution < -0.4 is 5.32 Å². The second kappa shape index (κ2) is 6.81. The number of amides is 1. The molecule has 0 radical (unpaired) electrons. The standard InChI is InChI=1S/C14H21N3O3S/c18-13(12-1-4-16-20-12)15-11-14(2-9-21-10-3-14)17-5-7-19-8-6-17/h1,4H,2-3,5-11H2,(H,15,18). The number of hydrogen-bond acceptors (Lipinski definition) is 6. The van der Waals surface area contributed by atoms with Gasteiger partial charge in [-0.25, -0.2) is 0 Å². The molecule has 21 heavy (non-hydrogen) atoms. The van der Waals surface area contributed by atoms with E-state index in [4.69, 9.17) is 9.26 Å². The average Bonchev–Trinajstić information content (AvgIpc) is 3.09. The summed E-state index contributed by atoms with van der Waals surface area (Å²) in [4.78, 5) is 14.6. The van der Waals surface area contributed by atoms with Gasteiger partial charge >= 0.3 is 0 Å². The summed E-state index contributed by atoms with van der Waals surface area (Å²) < 4.78 is 10.4. The van der Waals surface area contributed by atoms with Crippen molar-refractivity contribution < 1.29 is 14.1 Å². The number of ether oxygens (including phenoxy) is 1. The van der Waals surface area contributed by atoms with E-state index in [0.29, 0.717) is 6.54 Å². The van der Waals surface area contributed by atoms with Crippen LogP contribution in [0.25, 0.3) is 0 Å². The lowest BCUT2D eigenvalue weighted by Gasteiger charge is -2.47. The van der Waals surface area contributed by atoms with Crippen LogP contribution in [-0.4, -0.2) is 65.9 Å². The molecule has 0 aromatic carbocycles. The van der Waals surface area contributed by atoms with Crippen molar-refractivity contribution in [1.29, 1.82) is 0 Å². The lowest BCUT2D eigenvalue weighted by atomic mass is 9.89. The number of morpholine rings is 1. The largest absolute Gasteiger partial charge is 0.379 e. The van der Waals surface area contributed by atoms with Gasteiger partial charge in [-0.15, -0.1) is 0 Å². The highest BCUT2D eigenvalue weighted by Crippen LogP contribution is 2.32. The summed E-state index contributed by atoms with van der Waals surface area (Å²) in [5.41, 5.74) is 0.0602. The van der Waals surface area contributed by atoms with Gasteiger partial charge in [0.1, 0.15) is 0 Å². The number of carbonyl (C=O) groups is 1. The first-order valence-electron chi connectivity index (χ1n) is 7.40. The molecule has 0 bridgehead atoms. The van der Waals surface area contributed by atoms with Crippen molar-refractivity contribution in [3.8, 4) is 0 Å². The summed E-state index contributed by atoms with van der Waals surface area (Å²) >= 11 is 1.99. The average molecular weight is 311 g/mol. The van der Waals surface area contributed by atoms with Crippen LogP contribution in [0.4, 0.5) is 0 Å². The molecule has 1 amide bonds. The number of carbonyl (C=O) groups excluding carboxylic acids is 1. The van der Waals surface area contributed by atoms with Crippen LogP contribution in [0.5, 0.6) is 0 Å². The van der Waals surface area contributed by atoms with Crippen molar-refractivity contribution in [2.45, 2.75) is 18.4 Å². The molecule has 3 heterocycles. The van der Waals surface area contributed by atoms with Gasteiger partial charge < -0.3 is 14.6 Å². The zero-order valence-corrected chi connectivity index (χ0v) is 12.9. The third-order valence-electron chi connectivity index (χ3n) is 4.35. The van der Waals surface area contributed by atoms with Crippen LogP contribution in [0.3, 0.4) is 0 Å². The van der Waals surface area contributed by atoms with Crippen LogP contribution in [0, 0.1) is 0 Å². The monoisotopic (exact) mass is 311 g/mol. The van der Waals surface area contributed by atoms with Crippen molar-refractivity contribution in [1.82, 2.24) is 15.4 Å². The topological polar surface area (TPSA) is 67.6 Å². The molecule has 0 aliphatic carbocycles. The van der Waals surface area contributed by atoms with Crippen molar-refractivity contribution in [2.75, 3.05) is 44.4 Å². The van der Waals surface area contributed by atoms with Crippen LogP contribution >= 0.6 is 11.8 Å². The molecule has 0 saturated carbocycles. The van der Waals surface area contributed by atoms with Crippen LogP contribution in [-0.2, 0) is 4.74 Å². The fraction of sp³-hybridized carbons (Fsp3) is 0.714. The van der Waals surface area contributed by atoms with Gasteiger partial charge in [0.05, 0.1) is 19.4 Å². The Bertz CT molecular complexity index is 454. The van der Waals surface area contributed by atoms with Gasteiger partial charge in [0.25, 0.3) is 5.91 Å². The molecular weight excluding hydrogens is 290 g/mol. The summed E-state index contributed by atoms with van der Waals surface area (Å²) in [6, 6.07) is 1.59. The van der Waals surface area contributed by atoms with Crippen molar-refractivity contribution >= 4 is 17.7 Å². The molecule has 2 saturated heterocycles. The highest BCUT2D eigenvalue weighted by atomic mass is 32.2. The van der Waals surface area contributed by atoms with Gasteiger partial charge in [0, 0.05) is 31.2 Å². The molecule has 2 fully saturated rings. The molecule has 0 unspecified atom stereocenters. The maximum Gasteiger partial charge on any atom is 0.289 e. The zero-order chi connectivity index (χ0) is 14.5. The molecule has 1 N–H and O–H groups in total. The minimum Gasteiger partial charge on any atom is -0.379 e. The Morgan fingerprint density at radius 3 is 2.81 bits per heavy atom. The Hall–Kier alpha value is -1.05. The third-order valence-corrected chi connectivity index (χ3v) is 5.33. The number of rotatable bonds is 4. The van der Waals surface area contributed by atoms with E-state index in [2.05, 4.69) is 15.4 Å². The Kier molecular flexibility index (Phi) is 4.82. The van der Waals surface area contributed by atoms with E-state index in [0.717, 1.165) is 50.7 Å². The molecular formula is C14H21N3O3S. The SMILES string of the molecule is O=C(NCC1(N2CCOCC2)CCSCC1)c1ccno1. The normalized spacial score (nSPS) is 22.9. The lowest BCUT2D eigenvalue weighted by Crippen LogP contribution is -2.60. The molecule has 0 atom stereocenters. The second-order valence-electron chi connectivity index (χ2n) is 5.50. The smallest absolute Gasteiger partial charge is 0.289 e. The van der Waals surface area contributed by atoms with E-state index in [1.165, 1.54) is 6.20 Å². The molecule has 116 valence electrons. The second-order valence-corrected chi connectivity index (χ2v) is 6.72. The molecule has 0 spiro atoms. The highest BCUT2D eigenvalue weighted by Gasteiger charge is 2.39. The van der Waals surface area contributed by atoms with Gasteiger partial charge in [0.15, 0.2) is 0 Å². The van der Waals surface area contributed by atoms with Gasteiger partial charge in [-0.3, -0.25) is 9.69 Å². The molecule has 2 aliphatic heterocycles. The Labute approximate surface area is 128 Å². The number of thioether (sulfide) groups is 1. The molecule has 3 rings (SSSR count). The quantitative estimate of drug-likeness (QED) is 0.895. The molecule has 6 nitrogen and oxygen atoms in total. The minimum atomic E-state index is -0.182. The Morgan fingerprint density at radius 2 is 2.14 bits per heavy atom. The number of nitrogens with one attached hydrogen (secondary N) is 1. The third kappa shape index (κ3) is 3.41. The van der Waals surface area contributed by atoms with E-state index in [1.807, 2.05) is 11.8 Å². The number of aromatic nitrogens is 1. The Balaban J connectivity index is 1.65. The summed E-state index contributed by atoms with van der Waals surface area (Å²) in [5, 5.41) is 6.61. The van der Waals surface area contributed by atoms with E-state index in [9.17, 15) is 4.79 Å². The summed E-state index contributed by atoms with van der Waals surface area (Å²) in [5.74, 6) is 2.39. The predicted molar refractivity (Wildman–Crippen MR) is 80.5 cm³/mol. The summed E-state index contributed by atoms with van der Waals surface area (Å²) in [6.07, 6.45) is 3.70. The fourth-order valence-corrected chi connectivity index (χ4v) is 4.31. The van der Waals surface area contributed by atoms with Gasteiger partial charge in [0.2, 0.25) is 5.76 Å². The maximum absolute atomic E-state index is 12.1. The maximum atomic E-state index is 12.1. The molecule has 7 heteroatoms. The predicted octanol–water partition coefficient (Wildman–Crippen LogP) is 1.00. The van der Waals surface area contributed by atoms with Gasteiger partial charge in [-0.2, -0.15) is 11.8 Å². The zero-order valence-electron chi connectivity index (χ0n) is 12.0.